The third kappa shape index (κ3) is 5.84. The molecular weight excluding hydrogens is 468 g/mol. The van der Waals surface area contributed by atoms with Crippen molar-refractivity contribution in [2.24, 2.45) is 0 Å². The summed E-state index contributed by atoms with van der Waals surface area (Å²) in [7, 11) is 0. The molecule has 0 saturated heterocycles. The SMILES string of the molecule is C[C@@H](NC(=O)c1ccccc1NC(=O)COc1ccc(Br)cc1Cl)c1ccccc1. The molecule has 2 amide bonds. The third-order valence-corrected chi connectivity index (χ3v) is 5.13. The van der Waals surface area contributed by atoms with Gasteiger partial charge in [-0.05, 0) is 42.8 Å². The highest BCUT2D eigenvalue weighted by Gasteiger charge is 2.16. The molecule has 5 nitrogen and oxygen atoms in total. The van der Waals surface area contributed by atoms with Crippen LogP contribution in [-0.2, 0) is 4.79 Å². The fourth-order valence-corrected chi connectivity index (χ4v) is 3.54. The Labute approximate surface area is 188 Å². The van der Waals surface area contributed by atoms with Crippen LogP contribution < -0.4 is 15.4 Å². The maximum absolute atomic E-state index is 12.8. The van der Waals surface area contributed by atoms with E-state index in [-0.39, 0.29) is 18.6 Å². The predicted octanol–water partition coefficient (Wildman–Crippen LogP) is 5.61. The van der Waals surface area contributed by atoms with Gasteiger partial charge in [0.1, 0.15) is 5.75 Å². The van der Waals surface area contributed by atoms with Crippen molar-refractivity contribution in [1.82, 2.24) is 5.32 Å². The molecule has 0 fully saturated rings. The lowest BCUT2D eigenvalue weighted by atomic mass is 10.1. The molecule has 0 saturated carbocycles. The summed E-state index contributed by atoms with van der Waals surface area (Å²) in [4.78, 5) is 25.1. The van der Waals surface area contributed by atoms with Gasteiger partial charge < -0.3 is 15.4 Å². The van der Waals surface area contributed by atoms with Crippen LogP contribution in [0.25, 0.3) is 0 Å². The maximum atomic E-state index is 12.8. The van der Waals surface area contributed by atoms with Gasteiger partial charge in [0, 0.05) is 4.47 Å². The first-order valence-electron chi connectivity index (χ1n) is 9.26. The zero-order valence-electron chi connectivity index (χ0n) is 16.2. The van der Waals surface area contributed by atoms with Gasteiger partial charge in [-0.3, -0.25) is 9.59 Å². The van der Waals surface area contributed by atoms with Crippen molar-refractivity contribution in [3.8, 4) is 5.75 Å². The number of amides is 2. The van der Waals surface area contributed by atoms with Crippen LogP contribution in [0.5, 0.6) is 5.75 Å². The number of carbonyl (C=O) groups is 2. The normalized spacial score (nSPS) is 11.4. The molecule has 30 heavy (non-hydrogen) atoms. The van der Waals surface area contributed by atoms with Crippen molar-refractivity contribution in [3.63, 3.8) is 0 Å². The molecule has 3 rings (SSSR count). The molecule has 1 atom stereocenters. The van der Waals surface area contributed by atoms with Crippen LogP contribution in [0.2, 0.25) is 5.02 Å². The molecule has 154 valence electrons. The Hall–Kier alpha value is -2.83. The zero-order chi connectivity index (χ0) is 21.5. The number of para-hydroxylation sites is 1. The third-order valence-electron chi connectivity index (χ3n) is 4.35. The van der Waals surface area contributed by atoms with E-state index in [1.54, 1.807) is 42.5 Å². The van der Waals surface area contributed by atoms with Gasteiger partial charge in [0.2, 0.25) is 0 Å². The van der Waals surface area contributed by atoms with Crippen molar-refractivity contribution in [1.29, 1.82) is 0 Å². The largest absolute Gasteiger partial charge is 0.482 e. The Balaban J connectivity index is 1.64. The van der Waals surface area contributed by atoms with Crippen LogP contribution >= 0.6 is 27.5 Å². The monoisotopic (exact) mass is 486 g/mol. The van der Waals surface area contributed by atoms with Crippen LogP contribution in [0.15, 0.2) is 77.3 Å². The van der Waals surface area contributed by atoms with E-state index in [0.29, 0.717) is 22.0 Å². The van der Waals surface area contributed by atoms with Gasteiger partial charge in [0.25, 0.3) is 11.8 Å². The van der Waals surface area contributed by atoms with Gasteiger partial charge in [0.15, 0.2) is 6.61 Å². The van der Waals surface area contributed by atoms with Crippen LogP contribution in [0.4, 0.5) is 5.69 Å². The molecule has 0 aliphatic rings. The second-order valence-corrected chi connectivity index (χ2v) is 7.89. The predicted molar refractivity (Wildman–Crippen MR) is 122 cm³/mol. The zero-order valence-corrected chi connectivity index (χ0v) is 18.5. The fraction of sp³-hybridized carbons (Fsp3) is 0.130. The number of nitrogens with one attached hydrogen (secondary N) is 2. The number of ether oxygens (including phenoxy) is 1. The quantitative estimate of drug-likeness (QED) is 0.455. The second kappa shape index (κ2) is 10.3. The van der Waals surface area contributed by atoms with Gasteiger partial charge in [-0.25, -0.2) is 0 Å². The first-order chi connectivity index (χ1) is 14.4. The van der Waals surface area contributed by atoms with Gasteiger partial charge in [-0.2, -0.15) is 0 Å². The van der Waals surface area contributed by atoms with E-state index in [4.69, 9.17) is 16.3 Å². The number of rotatable bonds is 7. The van der Waals surface area contributed by atoms with E-state index >= 15 is 0 Å². The minimum atomic E-state index is -0.398. The van der Waals surface area contributed by atoms with Gasteiger partial charge in [0.05, 0.1) is 22.3 Å². The van der Waals surface area contributed by atoms with Gasteiger partial charge in [-0.15, -0.1) is 0 Å². The number of anilines is 1. The molecular formula is C23H20BrClN2O3. The van der Waals surface area contributed by atoms with Crippen molar-refractivity contribution >= 4 is 45.0 Å². The second-order valence-electron chi connectivity index (χ2n) is 6.56. The summed E-state index contributed by atoms with van der Waals surface area (Å²) >= 11 is 9.42. The maximum Gasteiger partial charge on any atom is 0.262 e. The molecule has 0 aliphatic carbocycles. The molecule has 3 aromatic carbocycles. The van der Waals surface area contributed by atoms with Gasteiger partial charge in [-0.1, -0.05) is 70.0 Å². The Morgan fingerprint density at radius 3 is 2.47 bits per heavy atom. The Bertz CT molecular complexity index is 1040. The summed E-state index contributed by atoms with van der Waals surface area (Å²) in [6, 6.07) is 21.4. The van der Waals surface area contributed by atoms with E-state index in [0.717, 1.165) is 10.0 Å². The number of carbonyl (C=O) groups excluding carboxylic acids is 2. The van der Waals surface area contributed by atoms with Crippen LogP contribution in [0.1, 0.15) is 28.9 Å². The highest BCUT2D eigenvalue weighted by atomic mass is 79.9. The van der Waals surface area contributed by atoms with Gasteiger partial charge >= 0.3 is 0 Å². The Morgan fingerprint density at radius 2 is 1.73 bits per heavy atom. The average Bonchev–Trinajstić information content (AvgIpc) is 2.74. The molecule has 0 spiro atoms. The van der Waals surface area contributed by atoms with Crippen LogP contribution in [-0.4, -0.2) is 18.4 Å². The lowest BCUT2D eigenvalue weighted by molar-refractivity contribution is -0.118. The smallest absolute Gasteiger partial charge is 0.262 e. The molecule has 0 aliphatic heterocycles. The van der Waals surface area contributed by atoms with Crippen LogP contribution in [0.3, 0.4) is 0 Å². The molecule has 0 bridgehead atoms. The van der Waals surface area contributed by atoms with Crippen molar-refractivity contribution in [2.75, 3.05) is 11.9 Å². The lowest BCUT2D eigenvalue weighted by Gasteiger charge is -2.16. The summed E-state index contributed by atoms with van der Waals surface area (Å²) in [5, 5.41) is 6.08. The van der Waals surface area contributed by atoms with Crippen molar-refractivity contribution in [3.05, 3.63) is 93.4 Å². The molecule has 3 aromatic rings. The summed E-state index contributed by atoms with van der Waals surface area (Å²) in [5.74, 6) is -0.276. The minimum absolute atomic E-state index is 0.176. The topological polar surface area (TPSA) is 67.4 Å². The summed E-state index contributed by atoms with van der Waals surface area (Å²) in [6.45, 7) is 1.67. The Morgan fingerprint density at radius 1 is 1.03 bits per heavy atom. The number of hydrogen-bond acceptors (Lipinski definition) is 3. The Kier molecular flexibility index (Phi) is 7.49. The summed E-state index contributed by atoms with van der Waals surface area (Å²) in [5.41, 5.74) is 1.77. The average molecular weight is 488 g/mol. The molecule has 0 heterocycles. The van der Waals surface area contributed by atoms with E-state index in [1.165, 1.54) is 0 Å². The highest BCUT2D eigenvalue weighted by molar-refractivity contribution is 9.10. The fourth-order valence-electron chi connectivity index (χ4n) is 2.81. The van der Waals surface area contributed by atoms with E-state index < -0.39 is 5.91 Å². The molecule has 0 aromatic heterocycles. The van der Waals surface area contributed by atoms with E-state index in [1.807, 2.05) is 37.3 Å². The first-order valence-corrected chi connectivity index (χ1v) is 10.4. The van der Waals surface area contributed by atoms with Crippen LogP contribution in [0, 0.1) is 0 Å². The molecule has 7 heteroatoms. The molecule has 0 radical (unpaired) electrons. The highest BCUT2D eigenvalue weighted by Crippen LogP contribution is 2.27. The molecule has 2 N–H and O–H groups in total. The number of hydrogen-bond donors (Lipinski definition) is 2. The minimum Gasteiger partial charge on any atom is -0.482 e. The standard InChI is InChI=1S/C23H20BrClN2O3/c1-15(16-7-3-2-4-8-16)26-23(29)18-9-5-6-10-20(18)27-22(28)14-30-21-12-11-17(24)13-19(21)25/h2-13,15H,14H2,1H3,(H,26,29)(H,27,28)/t15-/m1/s1. The first kappa shape index (κ1) is 21.9. The lowest BCUT2D eigenvalue weighted by Crippen LogP contribution is -2.28. The number of benzene rings is 3. The summed E-state index contributed by atoms with van der Waals surface area (Å²) < 4.78 is 6.30. The van der Waals surface area contributed by atoms with Crippen molar-refractivity contribution in [2.45, 2.75) is 13.0 Å². The van der Waals surface area contributed by atoms with E-state index in [2.05, 4.69) is 26.6 Å². The summed E-state index contributed by atoms with van der Waals surface area (Å²) in [6.07, 6.45) is 0. The molecule has 0 unspecified atom stereocenters. The van der Waals surface area contributed by atoms with E-state index in [9.17, 15) is 9.59 Å². The van der Waals surface area contributed by atoms with Crippen molar-refractivity contribution < 1.29 is 14.3 Å². The number of halogens is 2.